The summed E-state index contributed by atoms with van der Waals surface area (Å²) in [7, 11) is -3.08. The van der Waals surface area contributed by atoms with Gasteiger partial charge in [0.25, 0.3) is 0 Å². The Bertz CT molecular complexity index is 631. The van der Waals surface area contributed by atoms with E-state index < -0.39 is 15.1 Å². The number of halogens is 2. The van der Waals surface area contributed by atoms with E-state index in [2.05, 4.69) is 36.8 Å². The van der Waals surface area contributed by atoms with E-state index in [0.29, 0.717) is 23.0 Å². The monoisotopic (exact) mass is 423 g/mol. The van der Waals surface area contributed by atoms with E-state index in [1.807, 2.05) is 0 Å². The minimum atomic E-state index is -3.08. The van der Waals surface area contributed by atoms with Crippen molar-refractivity contribution >= 4 is 47.5 Å². The van der Waals surface area contributed by atoms with Gasteiger partial charge in [-0.2, -0.15) is 0 Å². The zero-order valence-electron chi connectivity index (χ0n) is 11.0. The molecule has 110 valence electrons. The first-order valence-electron chi connectivity index (χ1n) is 6.33. The molecule has 1 aliphatic rings. The molecular formula is C13H15Br2NO3S. The van der Waals surface area contributed by atoms with Crippen LogP contribution in [0.15, 0.2) is 21.2 Å². The van der Waals surface area contributed by atoms with Crippen molar-refractivity contribution in [3.8, 4) is 0 Å². The zero-order chi connectivity index (χ0) is 14.9. The van der Waals surface area contributed by atoms with Crippen molar-refractivity contribution in [1.82, 2.24) is 4.98 Å². The molecule has 2 rings (SSSR count). The maximum absolute atomic E-state index is 12.5. The van der Waals surface area contributed by atoms with Crippen LogP contribution < -0.4 is 0 Å². The Morgan fingerprint density at radius 3 is 2.65 bits per heavy atom. The lowest BCUT2D eigenvalue weighted by Crippen LogP contribution is -2.31. The third kappa shape index (κ3) is 3.68. The summed E-state index contributed by atoms with van der Waals surface area (Å²) >= 11 is 6.63. The number of ketones is 1. The summed E-state index contributed by atoms with van der Waals surface area (Å²) in [5.41, 5.74) is 0.382. The van der Waals surface area contributed by atoms with Crippen LogP contribution in [0.25, 0.3) is 0 Å². The Balaban J connectivity index is 2.21. The average Bonchev–Trinajstić information content (AvgIpc) is 2.37. The maximum Gasteiger partial charge on any atom is 0.185 e. The highest BCUT2D eigenvalue weighted by Crippen LogP contribution is 2.32. The topological polar surface area (TPSA) is 64.1 Å². The predicted molar refractivity (Wildman–Crippen MR) is 84.6 cm³/mol. The first-order chi connectivity index (χ1) is 9.29. The van der Waals surface area contributed by atoms with Crippen LogP contribution in [-0.2, 0) is 9.84 Å². The molecule has 1 heterocycles. The van der Waals surface area contributed by atoms with Gasteiger partial charge in [-0.3, -0.25) is 9.78 Å². The van der Waals surface area contributed by atoms with Gasteiger partial charge in [-0.25, -0.2) is 8.42 Å². The number of sulfone groups is 1. The largest absolute Gasteiger partial charge is 0.292 e. The Kier molecular flexibility index (Phi) is 5.02. The average molecular weight is 425 g/mol. The number of pyridine rings is 1. The van der Waals surface area contributed by atoms with Gasteiger partial charge < -0.3 is 0 Å². The van der Waals surface area contributed by atoms with Crippen LogP contribution in [0, 0.1) is 5.92 Å². The van der Waals surface area contributed by atoms with Crippen LogP contribution in [0.3, 0.4) is 0 Å². The van der Waals surface area contributed by atoms with Crippen molar-refractivity contribution in [2.24, 2.45) is 5.92 Å². The van der Waals surface area contributed by atoms with Crippen LogP contribution >= 0.6 is 31.9 Å². The van der Waals surface area contributed by atoms with Gasteiger partial charge in [0, 0.05) is 27.3 Å². The van der Waals surface area contributed by atoms with Crippen molar-refractivity contribution in [1.29, 1.82) is 0 Å². The van der Waals surface area contributed by atoms with Crippen LogP contribution in [0.4, 0.5) is 0 Å². The molecule has 0 N–H and O–H groups in total. The third-order valence-corrected chi connectivity index (χ3v) is 6.32. The second kappa shape index (κ2) is 6.23. The molecular weight excluding hydrogens is 410 g/mol. The third-order valence-electron chi connectivity index (χ3n) is 3.64. The summed E-state index contributed by atoms with van der Waals surface area (Å²) in [6, 6.07) is 1.77. The van der Waals surface area contributed by atoms with E-state index in [9.17, 15) is 13.2 Å². The Morgan fingerprint density at radius 1 is 1.35 bits per heavy atom. The van der Waals surface area contributed by atoms with Crippen LogP contribution in [-0.4, -0.2) is 30.7 Å². The summed E-state index contributed by atoms with van der Waals surface area (Å²) in [6.45, 7) is 0. The molecule has 0 aliphatic heterocycles. The molecule has 2 atom stereocenters. The fraction of sp³-hybridized carbons (Fsp3) is 0.538. The van der Waals surface area contributed by atoms with E-state index in [1.54, 1.807) is 12.3 Å². The number of Topliss-reactive ketones (excluding diaryl/α,β-unsaturated/α-hetero) is 1. The predicted octanol–water partition coefficient (Wildman–Crippen LogP) is 3.39. The molecule has 1 aromatic rings. The fourth-order valence-corrected chi connectivity index (χ4v) is 4.92. The number of carbonyl (C=O) groups excluding carboxylic acids is 1. The standard InChI is InChI=1S/C13H15Br2NO3S/c1-20(18,19)10-4-2-3-8(5-10)13(17)12-11(15)6-9(14)7-16-12/h6-8,10H,2-5H2,1H3. The highest BCUT2D eigenvalue weighted by molar-refractivity contribution is 9.11. The molecule has 0 amide bonds. The summed E-state index contributed by atoms with van der Waals surface area (Å²) in [5, 5.41) is -0.403. The lowest BCUT2D eigenvalue weighted by atomic mass is 9.85. The van der Waals surface area contributed by atoms with E-state index in [-0.39, 0.29) is 11.7 Å². The molecule has 1 aromatic heterocycles. The first kappa shape index (κ1) is 16.1. The van der Waals surface area contributed by atoms with Crippen molar-refractivity contribution < 1.29 is 13.2 Å². The Hall–Kier alpha value is -0.270. The second-order valence-corrected chi connectivity index (χ2v) is 9.26. The molecule has 0 saturated heterocycles. The maximum atomic E-state index is 12.5. The summed E-state index contributed by atoms with van der Waals surface area (Å²) in [6.07, 6.45) is 5.38. The molecule has 0 bridgehead atoms. The molecule has 4 nitrogen and oxygen atoms in total. The van der Waals surface area contributed by atoms with E-state index in [4.69, 9.17) is 0 Å². The van der Waals surface area contributed by atoms with Crippen molar-refractivity contribution in [2.45, 2.75) is 30.9 Å². The molecule has 0 aromatic carbocycles. The fourth-order valence-electron chi connectivity index (χ4n) is 2.56. The second-order valence-electron chi connectivity index (χ2n) is 5.16. The lowest BCUT2D eigenvalue weighted by Gasteiger charge is -2.26. The Morgan fingerprint density at radius 2 is 2.05 bits per heavy atom. The highest BCUT2D eigenvalue weighted by Gasteiger charge is 2.33. The van der Waals surface area contributed by atoms with Crippen molar-refractivity contribution in [3.05, 3.63) is 26.9 Å². The van der Waals surface area contributed by atoms with Gasteiger partial charge in [0.15, 0.2) is 5.78 Å². The minimum Gasteiger partial charge on any atom is -0.292 e. The van der Waals surface area contributed by atoms with E-state index in [0.717, 1.165) is 17.3 Å². The van der Waals surface area contributed by atoms with Gasteiger partial charge in [-0.1, -0.05) is 6.42 Å². The number of rotatable bonds is 3. The van der Waals surface area contributed by atoms with Crippen molar-refractivity contribution in [2.75, 3.05) is 6.26 Å². The number of carbonyl (C=O) groups is 1. The number of hydrogen-bond acceptors (Lipinski definition) is 4. The number of aromatic nitrogens is 1. The normalized spacial score (nSPS) is 23.6. The van der Waals surface area contributed by atoms with Crippen LogP contribution in [0.5, 0.6) is 0 Å². The first-order valence-corrected chi connectivity index (χ1v) is 9.87. The minimum absolute atomic E-state index is 0.0716. The van der Waals surface area contributed by atoms with E-state index in [1.165, 1.54) is 6.26 Å². The molecule has 2 unspecified atom stereocenters. The van der Waals surface area contributed by atoms with Gasteiger partial charge in [-0.05, 0) is 57.2 Å². The zero-order valence-corrected chi connectivity index (χ0v) is 15.0. The molecule has 1 aliphatic carbocycles. The SMILES string of the molecule is CS(=O)(=O)C1CCCC(C(=O)c2ncc(Br)cc2Br)C1. The highest BCUT2D eigenvalue weighted by atomic mass is 79.9. The van der Waals surface area contributed by atoms with Gasteiger partial charge >= 0.3 is 0 Å². The molecule has 0 radical (unpaired) electrons. The van der Waals surface area contributed by atoms with Gasteiger partial charge in [0.05, 0.1) is 5.25 Å². The molecule has 1 saturated carbocycles. The van der Waals surface area contributed by atoms with Crippen LogP contribution in [0.2, 0.25) is 0 Å². The van der Waals surface area contributed by atoms with Crippen molar-refractivity contribution in [3.63, 3.8) is 0 Å². The molecule has 0 spiro atoms. The summed E-state index contributed by atoms with van der Waals surface area (Å²) in [4.78, 5) is 16.6. The van der Waals surface area contributed by atoms with E-state index >= 15 is 0 Å². The number of hydrogen-bond donors (Lipinski definition) is 0. The van der Waals surface area contributed by atoms with Crippen LogP contribution in [0.1, 0.15) is 36.2 Å². The lowest BCUT2D eigenvalue weighted by molar-refractivity contribution is 0.0885. The molecule has 1 fully saturated rings. The molecule has 20 heavy (non-hydrogen) atoms. The summed E-state index contributed by atoms with van der Waals surface area (Å²) in [5.74, 6) is -0.328. The molecule has 7 heteroatoms. The van der Waals surface area contributed by atoms with Gasteiger partial charge in [-0.15, -0.1) is 0 Å². The summed E-state index contributed by atoms with van der Waals surface area (Å²) < 4.78 is 24.7. The van der Waals surface area contributed by atoms with Gasteiger partial charge in [0.2, 0.25) is 0 Å². The smallest absolute Gasteiger partial charge is 0.185 e. The number of nitrogens with zero attached hydrogens (tertiary/aromatic N) is 1. The van der Waals surface area contributed by atoms with Gasteiger partial charge in [0.1, 0.15) is 15.5 Å². The Labute approximate surface area is 135 Å². The quantitative estimate of drug-likeness (QED) is 0.697.